The van der Waals surface area contributed by atoms with Gasteiger partial charge < -0.3 is 14.5 Å². The normalized spacial score (nSPS) is 15.9. The van der Waals surface area contributed by atoms with E-state index >= 15 is 0 Å². The molecule has 1 aromatic rings. The molecule has 19 heavy (non-hydrogen) atoms. The largest absolute Gasteiger partial charge is 0.384 e. The minimum atomic E-state index is 0.174. The molecule has 1 amide bonds. The van der Waals surface area contributed by atoms with E-state index in [1.807, 2.05) is 4.90 Å². The first kappa shape index (κ1) is 14.2. The van der Waals surface area contributed by atoms with E-state index in [2.05, 4.69) is 21.2 Å². The van der Waals surface area contributed by atoms with Crippen LogP contribution in [0.1, 0.15) is 19.2 Å². The highest BCUT2D eigenvalue weighted by Gasteiger charge is 2.22. The average Bonchev–Trinajstić information content (AvgIpc) is 2.94. The SMILES string of the molecule is CCc1nsc(N2CCN(C(=O)CCOC)CC2)n1. The molecular formula is C12H20N4O2S. The lowest BCUT2D eigenvalue weighted by Crippen LogP contribution is -2.49. The number of piperazine rings is 1. The van der Waals surface area contributed by atoms with E-state index in [-0.39, 0.29) is 5.91 Å². The third-order valence-corrected chi connectivity index (χ3v) is 4.01. The Morgan fingerprint density at radius 1 is 1.37 bits per heavy atom. The van der Waals surface area contributed by atoms with Gasteiger partial charge in [0.1, 0.15) is 5.82 Å². The Labute approximate surface area is 117 Å². The maximum Gasteiger partial charge on any atom is 0.225 e. The highest BCUT2D eigenvalue weighted by molar-refractivity contribution is 7.09. The number of carbonyl (C=O) groups excluding carboxylic acids is 1. The number of methoxy groups -OCH3 is 1. The van der Waals surface area contributed by atoms with Crippen LogP contribution in [0.4, 0.5) is 5.13 Å². The van der Waals surface area contributed by atoms with Crippen molar-refractivity contribution in [1.29, 1.82) is 0 Å². The molecule has 1 aliphatic rings. The molecule has 7 heteroatoms. The van der Waals surface area contributed by atoms with Crippen molar-refractivity contribution < 1.29 is 9.53 Å². The molecule has 0 aliphatic carbocycles. The van der Waals surface area contributed by atoms with Crippen molar-refractivity contribution in [2.45, 2.75) is 19.8 Å². The van der Waals surface area contributed by atoms with Gasteiger partial charge >= 0.3 is 0 Å². The van der Waals surface area contributed by atoms with Crippen LogP contribution in [-0.4, -0.2) is 60.1 Å². The van der Waals surface area contributed by atoms with Gasteiger partial charge in [-0.2, -0.15) is 4.37 Å². The molecule has 106 valence electrons. The predicted molar refractivity (Wildman–Crippen MR) is 74.6 cm³/mol. The Kier molecular flexibility index (Phi) is 5.09. The third kappa shape index (κ3) is 3.63. The molecule has 6 nitrogen and oxygen atoms in total. The zero-order valence-electron chi connectivity index (χ0n) is 11.5. The molecule has 1 aromatic heterocycles. The molecule has 1 fully saturated rings. The quantitative estimate of drug-likeness (QED) is 0.800. The zero-order chi connectivity index (χ0) is 13.7. The lowest BCUT2D eigenvalue weighted by atomic mass is 10.3. The fraction of sp³-hybridized carbons (Fsp3) is 0.750. The Morgan fingerprint density at radius 2 is 2.11 bits per heavy atom. The molecule has 0 aromatic carbocycles. The molecule has 2 heterocycles. The van der Waals surface area contributed by atoms with E-state index < -0.39 is 0 Å². The molecule has 1 aliphatic heterocycles. The van der Waals surface area contributed by atoms with Gasteiger partial charge in [0.2, 0.25) is 11.0 Å². The number of hydrogen-bond acceptors (Lipinski definition) is 6. The summed E-state index contributed by atoms with van der Waals surface area (Å²) < 4.78 is 9.23. The predicted octanol–water partition coefficient (Wildman–Crippen LogP) is 0.786. The smallest absolute Gasteiger partial charge is 0.225 e. The van der Waals surface area contributed by atoms with Gasteiger partial charge in [-0.05, 0) is 0 Å². The fourth-order valence-corrected chi connectivity index (χ4v) is 2.81. The van der Waals surface area contributed by atoms with Crippen LogP contribution in [0.3, 0.4) is 0 Å². The first-order valence-corrected chi connectivity index (χ1v) is 7.36. The number of nitrogens with zero attached hydrogens (tertiary/aromatic N) is 4. The summed E-state index contributed by atoms with van der Waals surface area (Å²) in [5.41, 5.74) is 0. The Bertz CT molecular complexity index is 416. The first-order valence-electron chi connectivity index (χ1n) is 6.58. The second-order valence-corrected chi connectivity index (χ2v) is 5.19. The molecule has 0 saturated carbocycles. The maximum atomic E-state index is 11.9. The van der Waals surface area contributed by atoms with Gasteiger partial charge in [0.15, 0.2) is 0 Å². The van der Waals surface area contributed by atoms with Gasteiger partial charge in [0, 0.05) is 51.2 Å². The van der Waals surface area contributed by atoms with Crippen LogP contribution in [0.15, 0.2) is 0 Å². The number of rotatable bonds is 5. The summed E-state index contributed by atoms with van der Waals surface area (Å²) in [5.74, 6) is 1.08. The van der Waals surface area contributed by atoms with Gasteiger partial charge in [0.25, 0.3) is 0 Å². The van der Waals surface area contributed by atoms with Crippen LogP contribution < -0.4 is 4.90 Å². The topological polar surface area (TPSA) is 58.6 Å². The van der Waals surface area contributed by atoms with Crippen molar-refractivity contribution in [3.63, 3.8) is 0 Å². The van der Waals surface area contributed by atoms with E-state index in [9.17, 15) is 4.79 Å². The highest BCUT2D eigenvalue weighted by Crippen LogP contribution is 2.19. The zero-order valence-corrected chi connectivity index (χ0v) is 12.3. The van der Waals surface area contributed by atoms with Crippen LogP contribution in [0.5, 0.6) is 0 Å². The van der Waals surface area contributed by atoms with Crippen LogP contribution >= 0.6 is 11.5 Å². The number of carbonyl (C=O) groups is 1. The third-order valence-electron chi connectivity index (χ3n) is 3.20. The maximum absolute atomic E-state index is 11.9. The van der Waals surface area contributed by atoms with Gasteiger partial charge in [-0.3, -0.25) is 4.79 Å². The first-order chi connectivity index (χ1) is 9.24. The fourth-order valence-electron chi connectivity index (χ4n) is 2.01. The number of ether oxygens (including phenoxy) is 1. The van der Waals surface area contributed by atoms with Crippen LogP contribution in [-0.2, 0) is 16.0 Å². The number of amides is 1. The monoisotopic (exact) mass is 284 g/mol. The minimum absolute atomic E-state index is 0.174. The van der Waals surface area contributed by atoms with Crippen molar-refractivity contribution in [3.8, 4) is 0 Å². The van der Waals surface area contributed by atoms with Gasteiger partial charge in [-0.15, -0.1) is 0 Å². The van der Waals surface area contributed by atoms with E-state index in [0.29, 0.717) is 13.0 Å². The molecule has 0 atom stereocenters. The van der Waals surface area contributed by atoms with Crippen molar-refractivity contribution >= 4 is 22.6 Å². The van der Waals surface area contributed by atoms with Crippen molar-refractivity contribution in [1.82, 2.24) is 14.3 Å². The van der Waals surface area contributed by atoms with Gasteiger partial charge in [-0.1, -0.05) is 6.92 Å². The lowest BCUT2D eigenvalue weighted by Gasteiger charge is -2.34. The molecule has 2 rings (SSSR count). The standard InChI is InChI=1S/C12H20N4O2S/c1-3-10-13-12(19-14-10)16-7-5-15(6-8-16)11(17)4-9-18-2/h3-9H2,1-2H3. The van der Waals surface area contributed by atoms with Crippen LogP contribution in [0.25, 0.3) is 0 Å². The summed E-state index contributed by atoms with van der Waals surface area (Å²) in [6, 6.07) is 0. The summed E-state index contributed by atoms with van der Waals surface area (Å²) >= 11 is 1.45. The highest BCUT2D eigenvalue weighted by atomic mass is 32.1. The molecular weight excluding hydrogens is 264 g/mol. The summed E-state index contributed by atoms with van der Waals surface area (Å²) in [5, 5.41) is 0.973. The Hall–Kier alpha value is -1.21. The molecule has 0 unspecified atom stereocenters. The number of aryl methyl sites for hydroxylation is 1. The molecule has 0 N–H and O–H groups in total. The van der Waals surface area contributed by atoms with Crippen LogP contribution in [0, 0.1) is 0 Å². The molecule has 1 saturated heterocycles. The second-order valence-electron chi connectivity index (χ2n) is 4.46. The van der Waals surface area contributed by atoms with Gasteiger partial charge in [0.05, 0.1) is 13.0 Å². The number of aromatic nitrogens is 2. The number of hydrogen-bond donors (Lipinski definition) is 0. The Morgan fingerprint density at radius 3 is 2.68 bits per heavy atom. The number of anilines is 1. The average molecular weight is 284 g/mol. The Balaban J connectivity index is 1.83. The van der Waals surface area contributed by atoms with Gasteiger partial charge in [-0.25, -0.2) is 4.98 Å². The van der Waals surface area contributed by atoms with Crippen molar-refractivity contribution in [3.05, 3.63) is 5.82 Å². The molecule has 0 bridgehead atoms. The summed E-state index contributed by atoms with van der Waals surface area (Å²) in [7, 11) is 1.62. The van der Waals surface area contributed by atoms with Crippen molar-refractivity contribution in [2.75, 3.05) is 44.8 Å². The summed E-state index contributed by atoms with van der Waals surface area (Å²) in [4.78, 5) is 20.4. The van der Waals surface area contributed by atoms with E-state index in [1.54, 1.807) is 7.11 Å². The van der Waals surface area contributed by atoms with E-state index in [0.717, 1.165) is 43.6 Å². The minimum Gasteiger partial charge on any atom is -0.384 e. The lowest BCUT2D eigenvalue weighted by molar-refractivity contribution is -0.132. The van der Waals surface area contributed by atoms with Crippen LogP contribution in [0.2, 0.25) is 0 Å². The molecule has 0 radical (unpaired) electrons. The van der Waals surface area contributed by atoms with Crippen molar-refractivity contribution in [2.24, 2.45) is 0 Å². The van der Waals surface area contributed by atoms with E-state index in [1.165, 1.54) is 11.5 Å². The summed E-state index contributed by atoms with van der Waals surface area (Å²) in [6.45, 7) is 5.72. The molecule has 0 spiro atoms. The summed E-state index contributed by atoms with van der Waals surface area (Å²) in [6.07, 6.45) is 1.33. The second kappa shape index (κ2) is 6.81. The van der Waals surface area contributed by atoms with E-state index in [4.69, 9.17) is 4.74 Å².